The van der Waals surface area contributed by atoms with E-state index in [1.54, 1.807) is 19.1 Å². The van der Waals surface area contributed by atoms with Crippen molar-refractivity contribution in [2.24, 2.45) is 34.5 Å². The van der Waals surface area contributed by atoms with Crippen LogP contribution in [0.5, 0.6) is 0 Å². The summed E-state index contributed by atoms with van der Waals surface area (Å²) in [6.07, 6.45) is 3.09. The van der Waals surface area contributed by atoms with Crippen LogP contribution >= 0.6 is 0 Å². The van der Waals surface area contributed by atoms with Gasteiger partial charge in [0.1, 0.15) is 18.8 Å². The molecule has 0 amide bonds. The van der Waals surface area contributed by atoms with Crippen molar-refractivity contribution >= 4 is 11.6 Å². The van der Waals surface area contributed by atoms with Gasteiger partial charge in [0.25, 0.3) is 0 Å². The third-order valence-electron chi connectivity index (χ3n) is 11.8. The molecule has 0 spiro atoms. The first kappa shape index (κ1) is 30.5. The van der Waals surface area contributed by atoms with Crippen molar-refractivity contribution < 1.29 is 49.0 Å². The van der Waals surface area contributed by atoms with E-state index in [2.05, 4.69) is 6.92 Å². The van der Waals surface area contributed by atoms with Crippen LogP contribution in [-0.4, -0.2) is 93.9 Å². The zero-order valence-electron chi connectivity index (χ0n) is 25.0. The first-order valence-corrected chi connectivity index (χ1v) is 15.6. The number of hydrogen-bond acceptors (Lipinski definition) is 10. The maximum Gasteiger partial charge on any atom is 0.193 e. The van der Waals surface area contributed by atoms with Crippen LogP contribution in [0.25, 0.3) is 0 Å². The second-order valence-corrected chi connectivity index (χ2v) is 13.9. The summed E-state index contributed by atoms with van der Waals surface area (Å²) in [6, 6.07) is 0. The van der Waals surface area contributed by atoms with Gasteiger partial charge < -0.3 is 39.4 Å². The van der Waals surface area contributed by atoms with Crippen molar-refractivity contribution in [3.05, 3.63) is 23.8 Å². The minimum atomic E-state index is -1.35. The van der Waals surface area contributed by atoms with E-state index in [1.165, 1.54) is 0 Å². The lowest BCUT2D eigenvalue weighted by molar-refractivity contribution is -0.287. The molecule has 234 valence electrons. The number of rotatable bonds is 7. The quantitative estimate of drug-likeness (QED) is 0.346. The predicted molar refractivity (Wildman–Crippen MR) is 149 cm³/mol. The lowest BCUT2D eigenvalue weighted by Crippen LogP contribution is -2.64. The van der Waals surface area contributed by atoms with E-state index < -0.39 is 78.7 Å². The largest absolute Gasteiger partial charge is 0.394 e. The third-order valence-corrected chi connectivity index (χ3v) is 11.8. The van der Waals surface area contributed by atoms with Crippen molar-refractivity contribution in [2.75, 3.05) is 13.2 Å². The Morgan fingerprint density at radius 1 is 1.17 bits per heavy atom. The van der Waals surface area contributed by atoms with E-state index in [-0.39, 0.29) is 29.3 Å². The Balaban J connectivity index is 1.29. The topological polar surface area (TPSA) is 152 Å². The third kappa shape index (κ3) is 4.28. The fourth-order valence-corrected chi connectivity index (χ4v) is 9.68. The molecule has 0 aromatic heterocycles. The molecule has 2 heterocycles. The molecule has 10 heteroatoms. The molecular weight excluding hydrogens is 544 g/mol. The van der Waals surface area contributed by atoms with Gasteiger partial charge in [-0.3, -0.25) is 9.59 Å². The number of Topliss-reactive ketones (excluding diaryl/α,β-unsaturated/α-hetero) is 1. The van der Waals surface area contributed by atoms with E-state index >= 15 is 0 Å². The smallest absolute Gasteiger partial charge is 0.193 e. The fourth-order valence-electron chi connectivity index (χ4n) is 9.68. The van der Waals surface area contributed by atoms with Gasteiger partial charge in [-0.1, -0.05) is 45.8 Å². The highest BCUT2D eigenvalue weighted by molar-refractivity contribution is 6.01. The summed E-state index contributed by atoms with van der Waals surface area (Å²) < 4.78 is 24.6. The molecule has 0 aromatic rings. The Hall–Kier alpha value is -1.50. The second kappa shape index (κ2) is 10.8. The van der Waals surface area contributed by atoms with Crippen molar-refractivity contribution in [3.63, 3.8) is 0 Å². The molecule has 6 rings (SSSR count). The average Bonchev–Trinajstić information content (AvgIpc) is 3.43. The standard InChI is InChI=1S/C32H46O10/c1-5-6-25-41-24-12-20-19-8-7-17-11-18(34)9-10-30(17,3)26(19)21(35)13-31(20,4)32(24,42-25)23(36)15-39-29-28(38)16(2)27(37)22(14-33)40-29/h9-11,16,19-22,24-29,33,35,37-38H,5-8,12-15H2,1-4H3/t16-,19-,20-,21-,22+,24+,25?,26+,27-,28+,29+,30-,31-,32+/m0/s1. The highest BCUT2D eigenvalue weighted by Crippen LogP contribution is 2.69. The highest BCUT2D eigenvalue weighted by atomic mass is 16.7. The summed E-state index contributed by atoms with van der Waals surface area (Å²) in [6.45, 7) is 6.97. The van der Waals surface area contributed by atoms with Crippen LogP contribution < -0.4 is 0 Å². The zero-order chi connectivity index (χ0) is 30.2. The maximum absolute atomic E-state index is 14.4. The first-order valence-electron chi connectivity index (χ1n) is 15.6. The molecule has 4 aliphatic carbocycles. The van der Waals surface area contributed by atoms with Gasteiger partial charge in [0.05, 0.1) is 24.9 Å². The number of ether oxygens (including phenoxy) is 4. The molecule has 1 unspecified atom stereocenters. The van der Waals surface area contributed by atoms with Crippen LogP contribution in [0.4, 0.5) is 0 Å². The number of aliphatic hydroxyl groups is 4. The van der Waals surface area contributed by atoms with Gasteiger partial charge >= 0.3 is 0 Å². The lowest BCUT2D eigenvalue weighted by Gasteiger charge is -2.59. The van der Waals surface area contributed by atoms with Gasteiger partial charge in [0.15, 0.2) is 29.7 Å². The molecule has 0 bridgehead atoms. The summed E-state index contributed by atoms with van der Waals surface area (Å²) in [7, 11) is 0. The molecule has 2 aliphatic heterocycles. The Kier molecular flexibility index (Phi) is 7.88. The lowest BCUT2D eigenvalue weighted by atomic mass is 9.46. The van der Waals surface area contributed by atoms with E-state index in [1.807, 2.05) is 19.9 Å². The molecule has 2 saturated heterocycles. The van der Waals surface area contributed by atoms with Crippen LogP contribution in [0, 0.1) is 34.5 Å². The number of aliphatic hydroxyl groups excluding tert-OH is 4. The molecule has 3 saturated carbocycles. The van der Waals surface area contributed by atoms with E-state index in [9.17, 15) is 30.0 Å². The first-order chi connectivity index (χ1) is 19.9. The number of allylic oxidation sites excluding steroid dienone is 4. The number of carbonyl (C=O) groups is 2. The van der Waals surface area contributed by atoms with Crippen LogP contribution in [0.3, 0.4) is 0 Å². The zero-order valence-corrected chi connectivity index (χ0v) is 25.0. The maximum atomic E-state index is 14.4. The summed E-state index contributed by atoms with van der Waals surface area (Å²) in [5, 5.41) is 42.5. The summed E-state index contributed by atoms with van der Waals surface area (Å²) in [5.74, 6) is -0.914. The summed E-state index contributed by atoms with van der Waals surface area (Å²) in [5.41, 5.74) is -1.45. The molecular formula is C32H46O10. The number of fused-ring (bicyclic) bond motifs is 7. The second-order valence-electron chi connectivity index (χ2n) is 13.9. The summed E-state index contributed by atoms with van der Waals surface area (Å²) >= 11 is 0. The van der Waals surface area contributed by atoms with Gasteiger partial charge in [0, 0.05) is 22.7 Å². The van der Waals surface area contributed by atoms with Gasteiger partial charge in [-0.05, 0) is 56.1 Å². The molecule has 4 N–H and O–H groups in total. The van der Waals surface area contributed by atoms with E-state index in [0.717, 1.165) is 24.8 Å². The van der Waals surface area contributed by atoms with E-state index in [4.69, 9.17) is 18.9 Å². The van der Waals surface area contributed by atoms with Crippen molar-refractivity contribution in [1.82, 2.24) is 0 Å². The summed E-state index contributed by atoms with van der Waals surface area (Å²) in [4.78, 5) is 26.6. The molecule has 0 radical (unpaired) electrons. The predicted octanol–water partition coefficient (Wildman–Crippen LogP) is 1.82. The normalized spacial score (nSPS) is 51.4. The van der Waals surface area contributed by atoms with Crippen LogP contribution in [-0.2, 0) is 28.5 Å². The average molecular weight is 591 g/mol. The van der Waals surface area contributed by atoms with Crippen molar-refractivity contribution in [3.8, 4) is 0 Å². The Morgan fingerprint density at radius 3 is 2.64 bits per heavy atom. The van der Waals surface area contributed by atoms with Gasteiger partial charge in [-0.15, -0.1) is 0 Å². The Morgan fingerprint density at radius 2 is 1.93 bits per heavy atom. The van der Waals surface area contributed by atoms with Crippen molar-refractivity contribution in [2.45, 2.75) is 115 Å². The molecule has 6 aliphatic rings. The molecule has 5 fully saturated rings. The fraction of sp³-hybridized carbons (Fsp3) is 0.812. The molecule has 42 heavy (non-hydrogen) atoms. The van der Waals surface area contributed by atoms with Gasteiger partial charge in [-0.2, -0.15) is 0 Å². The van der Waals surface area contributed by atoms with Gasteiger partial charge in [0.2, 0.25) is 0 Å². The van der Waals surface area contributed by atoms with Gasteiger partial charge in [-0.25, -0.2) is 0 Å². The van der Waals surface area contributed by atoms with Crippen LogP contribution in [0.1, 0.15) is 66.2 Å². The minimum Gasteiger partial charge on any atom is -0.394 e. The molecule has 10 nitrogen and oxygen atoms in total. The molecule has 14 atom stereocenters. The van der Waals surface area contributed by atoms with Crippen molar-refractivity contribution in [1.29, 1.82) is 0 Å². The molecule has 0 aromatic carbocycles. The van der Waals surface area contributed by atoms with Crippen LogP contribution in [0.15, 0.2) is 23.8 Å². The Labute approximate surface area is 247 Å². The number of hydrogen-bond donors (Lipinski definition) is 4. The van der Waals surface area contributed by atoms with E-state index in [0.29, 0.717) is 19.3 Å². The highest BCUT2D eigenvalue weighted by Gasteiger charge is 2.75. The monoisotopic (exact) mass is 590 g/mol. The SMILES string of the molecule is CCCC1O[C@@H]2C[C@H]3[C@@H]4CCC5=CC(=O)C=C[C@]5(C)[C@H]4[C@@H](O)C[C@]3(C)[C@]2(C(=O)CO[C@@H]2O[C@H](CO)[C@@H](O)[C@H](C)[C@H]2O)O1. The minimum absolute atomic E-state index is 0.0129. The number of carbonyl (C=O) groups excluding carboxylic acids is 2. The van der Waals surface area contributed by atoms with Crippen LogP contribution in [0.2, 0.25) is 0 Å². The number of ketones is 2. The Bertz CT molecular complexity index is 1150.